The summed E-state index contributed by atoms with van der Waals surface area (Å²) in [5.74, 6) is 0.0201. The van der Waals surface area contributed by atoms with Gasteiger partial charge in [0.2, 0.25) is 0 Å². The molecule has 5 nitrogen and oxygen atoms in total. The van der Waals surface area contributed by atoms with Crippen LogP contribution < -0.4 is 5.32 Å². The lowest BCUT2D eigenvalue weighted by Crippen LogP contribution is -2.39. The average Bonchev–Trinajstić information content (AvgIpc) is 2.89. The highest BCUT2D eigenvalue weighted by atomic mass is 35.5. The van der Waals surface area contributed by atoms with Crippen LogP contribution in [0.15, 0.2) is 30.5 Å². The predicted octanol–water partition coefficient (Wildman–Crippen LogP) is 2.88. The zero-order valence-electron chi connectivity index (χ0n) is 13.6. The number of hydrogen-bond acceptors (Lipinski definition) is 3. The van der Waals surface area contributed by atoms with Crippen LogP contribution in [0.1, 0.15) is 30.6 Å². The van der Waals surface area contributed by atoms with Crippen molar-refractivity contribution in [2.24, 2.45) is 13.0 Å². The monoisotopic (exact) mass is 335 g/mol. The molecule has 0 saturated carbocycles. The third-order valence-corrected chi connectivity index (χ3v) is 4.09. The first-order chi connectivity index (χ1) is 10.9. The molecule has 1 amide bonds. The second kappa shape index (κ2) is 7.62. The van der Waals surface area contributed by atoms with Crippen molar-refractivity contribution in [2.75, 3.05) is 6.61 Å². The zero-order chi connectivity index (χ0) is 17.0. The number of hydrogen-bond donors (Lipinski definition) is 2. The largest absolute Gasteiger partial charge is 0.396 e. The molecule has 0 fully saturated rings. The SMILES string of the molecule is CC(C)C(CCO)NC(=O)c1cn(C)nc1-c1ccccc1Cl. The van der Waals surface area contributed by atoms with Gasteiger partial charge in [-0.05, 0) is 18.4 Å². The first-order valence-corrected chi connectivity index (χ1v) is 8.02. The number of aryl methyl sites for hydroxylation is 1. The van der Waals surface area contributed by atoms with E-state index in [1.807, 2.05) is 32.0 Å². The standard InChI is InChI=1S/C17H22ClN3O2/c1-11(2)15(8-9-22)19-17(23)13-10-21(3)20-16(13)12-6-4-5-7-14(12)18/h4-7,10-11,15,22H,8-9H2,1-3H3,(H,19,23). The van der Waals surface area contributed by atoms with Crippen molar-refractivity contribution in [1.82, 2.24) is 15.1 Å². The van der Waals surface area contributed by atoms with Crippen LogP contribution in [0.25, 0.3) is 11.3 Å². The molecule has 124 valence electrons. The molecule has 1 heterocycles. The lowest BCUT2D eigenvalue weighted by atomic mass is 10.0. The van der Waals surface area contributed by atoms with E-state index in [-0.39, 0.29) is 24.5 Å². The van der Waals surface area contributed by atoms with Crippen LogP contribution in [0.2, 0.25) is 5.02 Å². The highest BCUT2D eigenvalue weighted by Crippen LogP contribution is 2.29. The molecule has 0 radical (unpaired) electrons. The van der Waals surface area contributed by atoms with Crippen LogP contribution in [0.5, 0.6) is 0 Å². The van der Waals surface area contributed by atoms with Gasteiger partial charge in [0.1, 0.15) is 5.69 Å². The quantitative estimate of drug-likeness (QED) is 0.853. The van der Waals surface area contributed by atoms with Gasteiger partial charge in [-0.3, -0.25) is 9.48 Å². The molecule has 0 aliphatic heterocycles. The van der Waals surface area contributed by atoms with Gasteiger partial charge in [0, 0.05) is 31.5 Å². The minimum absolute atomic E-state index is 0.0353. The fourth-order valence-electron chi connectivity index (χ4n) is 2.46. The van der Waals surface area contributed by atoms with Crippen molar-refractivity contribution in [3.05, 3.63) is 41.0 Å². The molecule has 2 rings (SSSR count). The third kappa shape index (κ3) is 4.12. The normalized spacial score (nSPS) is 12.4. The molecule has 6 heteroatoms. The highest BCUT2D eigenvalue weighted by molar-refractivity contribution is 6.33. The number of aliphatic hydroxyl groups is 1. The van der Waals surface area contributed by atoms with E-state index in [0.717, 1.165) is 5.56 Å². The van der Waals surface area contributed by atoms with Gasteiger partial charge >= 0.3 is 0 Å². The molecule has 2 N–H and O–H groups in total. The van der Waals surface area contributed by atoms with Gasteiger partial charge in [0.05, 0.1) is 10.6 Å². The molecule has 1 unspecified atom stereocenters. The smallest absolute Gasteiger partial charge is 0.255 e. The maximum Gasteiger partial charge on any atom is 0.255 e. The van der Waals surface area contributed by atoms with Crippen LogP contribution in [-0.2, 0) is 7.05 Å². The Morgan fingerprint density at radius 2 is 2.09 bits per heavy atom. The number of amides is 1. The Hall–Kier alpha value is -1.85. The Balaban J connectivity index is 2.33. The van der Waals surface area contributed by atoms with Gasteiger partial charge in [-0.15, -0.1) is 0 Å². The van der Waals surface area contributed by atoms with Crippen molar-refractivity contribution in [3.8, 4) is 11.3 Å². The molecule has 0 bridgehead atoms. The Kier molecular flexibility index (Phi) is 5.80. The average molecular weight is 336 g/mol. The fraction of sp³-hybridized carbons (Fsp3) is 0.412. The Bertz CT molecular complexity index is 682. The number of carbonyl (C=O) groups is 1. The van der Waals surface area contributed by atoms with Crippen LogP contribution >= 0.6 is 11.6 Å². The molecule has 0 saturated heterocycles. The second-order valence-electron chi connectivity index (χ2n) is 5.88. The summed E-state index contributed by atoms with van der Waals surface area (Å²) in [6.07, 6.45) is 2.20. The van der Waals surface area contributed by atoms with Crippen molar-refractivity contribution in [1.29, 1.82) is 0 Å². The van der Waals surface area contributed by atoms with Crippen LogP contribution in [0.4, 0.5) is 0 Å². The molecule has 0 spiro atoms. The number of aliphatic hydroxyl groups excluding tert-OH is 1. The summed E-state index contributed by atoms with van der Waals surface area (Å²) in [6, 6.07) is 7.22. The summed E-state index contributed by atoms with van der Waals surface area (Å²) >= 11 is 6.24. The van der Waals surface area contributed by atoms with Crippen LogP contribution in [0, 0.1) is 5.92 Å². The summed E-state index contributed by atoms with van der Waals surface area (Å²) in [5, 5.41) is 17.1. The van der Waals surface area contributed by atoms with Crippen molar-refractivity contribution in [2.45, 2.75) is 26.3 Å². The van der Waals surface area contributed by atoms with E-state index in [1.165, 1.54) is 0 Å². The maximum absolute atomic E-state index is 12.7. The first-order valence-electron chi connectivity index (χ1n) is 7.64. The first kappa shape index (κ1) is 17.5. The molecule has 1 aromatic heterocycles. The lowest BCUT2D eigenvalue weighted by molar-refractivity contribution is 0.0917. The van der Waals surface area contributed by atoms with E-state index in [0.29, 0.717) is 22.7 Å². The van der Waals surface area contributed by atoms with E-state index < -0.39 is 0 Å². The number of nitrogens with one attached hydrogen (secondary N) is 1. The lowest BCUT2D eigenvalue weighted by Gasteiger charge is -2.21. The Morgan fingerprint density at radius 3 is 2.70 bits per heavy atom. The van der Waals surface area contributed by atoms with E-state index in [1.54, 1.807) is 24.0 Å². The van der Waals surface area contributed by atoms with Gasteiger partial charge in [0.25, 0.3) is 5.91 Å². The summed E-state index contributed by atoms with van der Waals surface area (Å²) in [6.45, 7) is 4.06. The molecule has 1 atom stereocenters. The van der Waals surface area contributed by atoms with Crippen molar-refractivity contribution < 1.29 is 9.90 Å². The molecule has 1 aromatic carbocycles. The van der Waals surface area contributed by atoms with E-state index in [2.05, 4.69) is 10.4 Å². The number of halogens is 1. The number of carbonyl (C=O) groups excluding carboxylic acids is 1. The number of rotatable bonds is 6. The zero-order valence-corrected chi connectivity index (χ0v) is 14.3. The maximum atomic E-state index is 12.7. The van der Waals surface area contributed by atoms with Crippen LogP contribution in [0.3, 0.4) is 0 Å². The van der Waals surface area contributed by atoms with Gasteiger partial charge in [0.15, 0.2) is 0 Å². The second-order valence-corrected chi connectivity index (χ2v) is 6.29. The summed E-state index contributed by atoms with van der Waals surface area (Å²) in [4.78, 5) is 12.7. The van der Waals surface area contributed by atoms with E-state index >= 15 is 0 Å². The van der Waals surface area contributed by atoms with Gasteiger partial charge < -0.3 is 10.4 Å². The Morgan fingerprint density at radius 1 is 1.39 bits per heavy atom. The fourth-order valence-corrected chi connectivity index (χ4v) is 2.69. The number of aromatic nitrogens is 2. The molecule has 2 aromatic rings. The number of nitrogens with zero attached hydrogens (tertiary/aromatic N) is 2. The number of benzene rings is 1. The Labute approximate surface area is 141 Å². The summed E-state index contributed by atoms with van der Waals surface area (Å²) in [5.41, 5.74) is 1.76. The highest BCUT2D eigenvalue weighted by Gasteiger charge is 2.22. The topological polar surface area (TPSA) is 67.2 Å². The van der Waals surface area contributed by atoms with Crippen molar-refractivity contribution >= 4 is 17.5 Å². The molecule has 0 aliphatic carbocycles. The predicted molar refractivity (Wildman–Crippen MR) is 91.4 cm³/mol. The summed E-state index contributed by atoms with van der Waals surface area (Å²) < 4.78 is 1.60. The summed E-state index contributed by atoms with van der Waals surface area (Å²) in [7, 11) is 1.77. The minimum atomic E-state index is -0.208. The molecule has 0 aliphatic rings. The minimum Gasteiger partial charge on any atom is -0.396 e. The molecule has 23 heavy (non-hydrogen) atoms. The van der Waals surface area contributed by atoms with Gasteiger partial charge in [-0.2, -0.15) is 5.10 Å². The van der Waals surface area contributed by atoms with E-state index in [4.69, 9.17) is 16.7 Å². The molecular weight excluding hydrogens is 314 g/mol. The van der Waals surface area contributed by atoms with Gasteiger partial charge in [-0.25, -0.2) is 0 Å². The van der Waals surface area contributed by atoms with Gasteiger partial charge in [-0.1, -0.05) is 43.6 Å². The molecular formula is C17H22ClN3O2. The van der Waals surface area contributed by atoms with E-state index in [9.17, 15) is 4.79 Å². The van der Waals surface area contributed by atoms with Crippen molar-refractivity contribution in [3.63, 3.8) is 0 Å². The third-order valence-electron chi connectivity index (χ3n) is 3.76. The van der Waals surface area contributed by atoms with Crippen LogP contribution in [-0.4, -0.2) is 33.4 Å².